The fraction of sp³-hybridized carbons (Fsp3) is 0.600. The van der Waals surface area contributed by atoms with Crippen molar-refractivity contribution in [1.29, 1.82) is 0 Å². The summed E-state index contributed by atoms with van der Waals surface area (Å²) in [4.78, 5) is 13.2. The first kappa shape index (κ1) is 14.3. The van der Waals surface area contributed by atoms with Crippen LogP contribution in [-0.2, 0) is 6.54 Å². The molecule has 21 heavy (non-hydrogen) atoms. The van der Waals surface area contributed by atoms with E-state index in [1.807, 2.05) is 6.07 Å². The topological polar surface area (TPSA) is 78.6 Å². The van der Waals surface area contributed by atoms with Crippen LogP contribution in [0.2, 0.25) is 0 Å². The lowest BCUT2D eigenvalue weighted by Crippen LogP contribution is -2.44. The second-order valence-corrected chi connectivity index (χ2v) is 6.00. The molecule has 2 saturated heterocycles. The number of nitrogens with zero attached hydrogens (tertiary/aromatic N) is 2. The largest absolute Gasteiger partial charge is 0.393 e. The number of nitro benzene ring substituents is 1. The summed E-state index contributed by atoms with van der Waals surface area (Å²) in [5, 5.41) is 24.0. The Morgan fingerprint density at radius 1 is 1.38 bits per heavy atom. The van der Waals surface area contributed by atoms with Gasteiger partial charge in [-0.2, -0.15) is 0 Å². The van der Waals surface area contributed by atoms with Crippen LogP contribution in [0.15, 0.2) is 18.2 Å². The number of rotatable bonds is 4. The molecule has 1 aromatic carbocycles. The maximum atomic E-state index is 11.1. The highest BCUT2D eigenvalue weighted by Gasteiger charge is 2.40. The van der Waals surface area contributed by atoms with Crippen LogP contribution in [0.3, 0.4) is 0 Å². The van der Waals surface area contributed by atoms with E-state index >= 15 is 0 Å². The summed E-state index contributed by atoms with van der Waals surface area (Å²) in [5.41, 5.74) is 1.69. The molecule has 114 valence electrons. The highest BCUT2D eigenvalue weighted by atomic mass is 16.6. The summed E-state index contributed by atoms with van der Waals surface area (Å²) in [5.74, 6) is 0. The molecule has 6 heteroatoms. The van der Waals surface area contributed by atoms with Crippen molar-refractivity contribution in [3.8, 4) is 0 Å². The first-order chi connectivity index (χ1) is 10.1. The predicted octanol–water partition coefficient (Wildman–Crippen LogP) is 2.12. The third-order valence-electron chi connectivity index (χ3n) is 4.79. The summed E-state index contributed by atoms with van der Waals surface area (Å²) in [7, 11) is 1.72. The molecule has 3 rings (SSSR count). The van der Waals surface area contributed by atoms with Gasteiger partial charge in [0.1, 0.15) is 5.69 Å². The van der Waals surface area contributed by atoms with Crippen molar-refractivity contribution in [2.24, 2.45) is 0 Å². The molecule has 2 fully saturated rings. The number of aliphatic hydroxyl groups excluding tert-OH is 1. The van der Waals surface area contributed by atoms with Crippen molar-refractivity contribution < 1.29 is 10.0 Å². The zero-order valence-corrected chi connectivity index (χ0v) is 12.2. The number of nitrogens with one attached hydrogen (secondary N) is 1. The van der Waals surface area contributed by atoms with Gasteiger partial charge in [-0.25, -0.2) is 0 Å². The average Bonchev–Trinajstić information content (AvgIpc) is 2.70. The van der Waals surface area contributed by atoms with Crippen molar-refractivity contribution in [2.75, 3.05) is 12.4 Å². The first-order valence-corrected chi connectivity index (χ1v) is 7.48. The summed E-state index contributed by atoms with van der Waals surface area (Å²) in [6.45, 7) is 0.708. The van der Waals surface area contributed by atoms with Crippen LogP contribution in [0, 0.1) is 10.1 Å². The van der Waals surface area contributed by atoms with Crippen molar-refractivity contribution in [2.45, 2.75) is 50.4 Å². The SMILES string of the molecule is CNc1c(CN2C3CCC2CC(O)C3)cccc1[N+](=O)[O-]. The van der Waals surface area contributed by atoms with Crippen LogP contribution in [0.1, 0.15) is 31.2 Å². The van der Waals surface area contributed by atoms with E-state index in [4.69, 9.17) is 0 Å². The second-order valence-electron chi connectivity index (χ2n) is 6.00. The molecule has 0 radical (unpaired) electrons. The molecule has 2 heterocycles. The molecule has 0 amide bonds. The van der Waals surface area contributed by atoms with E-state index in [-0.39, 0.29) is 16.7 Å². The Balaban J connectivity index is 1.86. The van der Waals surface area contributed by atoms with Crippen molar-refractivity contribution in [1.82, 2.24) is 4.90 Å². The number of anilines is 1. The standard InChI is InChI=1S/C15H21N3O3/c1-16-15-10(3-2-4-14(15)18(20)21)9-17-11-5-6-12(17)8-13(19)7-11/h2-4,11-13,16,19H,5-9H2,1H3. The fourth-order valence-electron chi connectivity index (χ4n) is 3.86. The lowest BCUT2D eigenvalue weighted by atomic mass is 9.98. The Kier molecular flexibility index (Phi) is 3.82. The lowest BCUT2D eigenvalue weighted by molar-refractivity contribution is -0.384. The molecule has 2 atom stereocenters. The summed E-state index contributed by atoms with van der Waals surface area (Å²) in [6, 6.07) is 6.04. The summed E-state index contributed by atoms with van der Waals surface area (Å²) >= 11 is 0. The van der Waals surface area contributed by atoms with E-state index < -0.39 is 0 Å². The van der Waals surface area contributed by atoms with Gasteiger partial charge < -0.3 is 10.4 Å². The van der Waals surface area contributed by atoms with E-state index in [0.29, 0.717) is 24.3 Å². The zero-order chi connectivity index (χ0) is 15.0. The molecule has 2 aliphatic rings. The normalized spacial score (nSPS) is 28.6. The van der Waals surface area contributed by atoms with Crippen LogP contribution in [0.25, 0.3) is 0 Å². The molecule has 2 bridgehead atoms. The Bertz CT molecular complexity index is 535. The molecule has 2 unspecified atom stereocenters. The molecule has 0 aromatic heterocycles. The number of benzene rings is 1. The summed E-state index contributed by atoms with van der Waals surface area (Å²) in [6.07, 6.45) is 3.69. The van der Waals surface area contributed by atoms with Crippen molar-refractivity contribution in [3.05, 3.63) is 33.9 Å². The number of aliphatic hydroxyl groups is 1. The molecule has 6 nitrogen and oxygen atoms in total. The Hall–Kier alpha value is -1.66. The van der Waals surface area contributed by atoms with Crippen LogP contribution in [-0.4, -0.2) is 40.2 Å². The fourth-order valence-corrected chi connectivity index (χ4v) is 3.86. The van der Waals surface area contributed by atoms with Gasteiger partial charge in [0.15, 0.2) is 0 Å². The van der Waals surface area contributed by atoms with Gasteiger partial charge in [-0.15, -0.1) is 0 Å². The quantitative estimate of drug-likeness (QED) is 0.656. The van der Waals surface area contributed by atoms with E-state index in [0.717, 1.165) is 31.2 Å². The van der Waals surface area contributed by atoms with Gasteiger partial charge in [-0.3, -0.25) is 15.0 Å². The molecule has 2 aliphatic heterocycles. The van der Waals surface area contributed by atoms with Crippen LogP contribution in [0.4, 0.5) is 11.4 Å². The lowest BCUT2D eigenvalue weighted by Gasteiger charge is -2.37. The number of hydrogen-bond donors (Lipinski definition) is 2. The smallest absolute Gasteiger partial charge is 0.292 e. The second kappa shape index (κ2) is 5.61. The number of para-hydroxylation sites is 1. The summed E-state index contributed by atoms with van der Waals surface area (Å²) < 4.78 is 0. The number of fused-ring (bicyclic) bond motifs is 2. The van der Waals surface area contributed by atoms with E-state index in [2.05, 4.69) is 10.2 Å². The highest BCUT2D eigenvalue weighted by molar-refractivity contribution is 5.66. The Morgan fingerprint density at radius 3 is 2.62 bits per heavy atom. The van der Waals surface area contributed by atoms with Gasteiger partial charge in [0.25, 0.3) is 5.69 Å². The maximum Gasteiger partial charge on any atom is 0.292 e. The van der Waals surface area contributed by atoms with E-state index in [1.165, 1.54) is 6.07 Å². The van der Waals surface area contributed by atoms with Gasteiger partial charge >= 0.3 is 0 Å². The molecular weight excluding hydrogens is 270 g/mol. The average molecular weight is 291 g/mol. The minimum Gasteiger partial charge on any atom is -0.393 e. The maximum absolute atomic E-state index is 11.1. The monoisotopic (exact) mass is 291 g/mol. The minimum absolute atomic E-state index is 0.124. The molecule has 2 N–H and O–H groups in total. The van der Waals surface area contributed by atoms with E-state index in [9.17, 15) is 15.2 Å². The van der Waals surface area contributed by atoms with Crippen LogP contribution in [0.5, 0.6) is 0 Å². The number of hydrogen-bond acceptors (Lipinski definition) is 5. The molecule has 0 saturated carbocycles. The van der Waals surface area contributed by atoms with Gasteiger partial charge in [-0.1, -0.05) is 12.1 Å². The number of piperidine rings is 1. The first-order valence-electron chi connectivity index (χ1n) is 7.48. The van der Waals surface area contributed by atoms with Gasteiger partial charge in [0.05, 0.1) is 11.0 Å². The van der Waals surface area contributed by atoms with Crippen molar-refractivity contribution >= 4 is 11.4 Å². The predicted molar refractivity (Wildman–Crippen MR) is 80.2 cm³/mol. The number of nitro groups is 1. The van der Waals surface area contributed by atoms with Crippen LogP contribution < -0.4 is 5.32 Å². The molecule has 0 aliphatic carbocycles. The molecule has 0 spiro atoms. The van der Waals surface area contributed by atoms with Crippen LogP contribution >= 0.6 is 0 Å². The van der Waals surface area contributed by atoms with Gasteiger partial charge in [0.2, 0.25) is 0 Å². The van der Waals surface area contributed by atoms with Crippen molar-refractivity contribution in [3.63, 3.8) is 0 Å². The Morgan fingerprint density at radius 2 is 2.05 bits per heavy atom. The molecule has 1 aromatic rings. The third kappa shape index (κ3) is 2.61. The minimum atomic E-state index is -0.343. The zero-order valence-electron chi connectivity index (χ0n) is 12.2. The van der Waals surface area contributed by atoms with Gasteiger partial charge in [0, 0.05) is 31.7 Å². The van der Waals surface area contributed by atoms with E-state index in [1.54, 1.807) is 13.1 Å². The highest BCUT2D eigenvalue weighted by Crippen LogP contribution is 2.38. The third-order valence-corrected chi connectivity index (χ3v) is 4.79. The molecular formula is C15H21N3O3. The Labute approximate surface area is 123 Å². The van der Waals surface area contributed by atoms with Gasteiger partial charge in [-0.05, 0) is 31.2 Å².